The predicted octanol–water partition coefficient (Wildman–Crippen LogP) is -1.34. The Labute approximate surface area is 75.5 Å². The van der Waals surface area contributed by atoms with Gasteiger partial charge < -0.3 is 15.3 Å². The maximum atomic E-state index is 11.1. The Kier molecular flexibility index (Phi) is 3.90. The Balaban J connectivity index is 4.15. The average molecular weight is 188 g/mol. The highest BCUT2D eigenvalue weighted by Gasteiger charge is 2.20. The molecule has 2 amide bonds. The molecule has 0 aromatic heterocycles. The minimum atomic E-state index is -1.60. The lowest BCUT2D eigenvalue weighted by molar-refractivity contribution is -0.151. The van der Waals surface area contributed by atoms with Crippen molar-refractivity contribution in [2.75, 3.05) is 14.1 Å². The Bertz CT molecular complexity index is 237. The van der Waals surface area contributed by atoms with Gasteiger partial charge in [-0.25, -0.2) is 4.79 Å². The number of hydrogen-bond acceptors (Lipinski definition) is 3. The number of nitrogens with zero attached hydrogens (tertiary/aromatic N) is 1. The second-order valence-corrected chi connectivity index (χ2v) is 2.73. The molecule has 0 aliphatic heterocycles. The summed E-state index contributed by atoms with van der Waals surface area (Å²) >= 11 is 0. The van der Waals surface area contributed by atoms with Crippen LogP contribution in [0.2, 0.25) is 0 Å². The van der Waals surface area contributed by atoms with Gasteiger partial charge in [-0.3, -0.25) is 9.59 Å². The van der Waals surface area contributed by atoms with E-state index in [4.69, 9.17) is 5.11 Å². The van der Waals surface area contributed by atoms with Crippen LogP contribution in [0.4, 0.5) is 0 Å². The van der Waals surface area contributed by atoms with E-state index in [1.54, 1.807) is 0 Å². The molecule has 0 aromatic rings. The van der Waals surface area contributed by atoms with E-state index in [0.717, 1.165) is 0 Å². The minimum Gasteiger partial charge on any atom is -0.474 e. The molecule has 6 nitrogen and oxygen atoms in total. The van der Waals surface area contributed by atoms with E-state index in [9.17, 15) is 14.4 Å². The Hall–Kier alpha value is -1.59. The molecular formula is C7H12N2O4. The molecule has 0 fully saturated rings. The molecule has 0 heterocycles. The lowest BCUT2D eigenvalue weighted by Crippen LogP contribution is -2.46. The highest BCUT2D eigenvalue weighted by atomic mass is 16.4. The molecule has 0 aliphatic carbocycles. The summed E-state index contributed by atoms with van der Waals surface area (Å²) in [5, 5.41) is 10.2. The maximum Gasteiger partial charge on any atom is 0.394 e. The topological polar surface area (TPSA) is 86.7 Å². The third-order valence-corrected chi connectivity index (χ3v) is 1.35. The minimum absolute atomic E-state index is 0.352. The Morgan fingerprint density at radius 3 is 2.08 bits per heavy atom. The van der Waals surface area contributed by atoms with E-state index < -0.39 is 17.9 Å². The molecule has 0 saturated heterocycles. The van der Waals surface area contributed by atoms with E-state index >= 15 is 0 Å². The van der Waals surface area contributed by atoms with Crippen molar-refractivity contribution in [2.45, 2.75) is 13.0 Å². The zero-order chi connectivity index (χ0) is 10.6. The van der Waals surface area contributed by atoms with Crippen LogP contribution in [0, 0.1) is 0 Å². The van der Waals surface area contributed by atoms with Crippen molar-refractivity contribution in [2.24, 2.45) is 0 Å². The normalized spacial score (nSPS) is 11.6. The summed E-state index contributed by atoms with van der Waals surface area (Å²) in [5.41, 5.74) is 0. The van der Waals surface area contributed by atoms with Crippen LogP contribution in [0.5, 0.6) is 0 Å². The number of rotatable bonds is 2. The van der Waals surface area contributed by atoms with E-state index in [1.807, 2.05) is 5.32 Å². The number of amides is 2. The van der Waals surface area contributed by atoms with E-state index in [-0.39, 0.29) is 5.91 Å². The van der Waals surface area contributed by atoms with Crippen LogP contribution in [-0.2, 0) is 14.4 Å². The van der Waals surface area contributed by atoms with Crippen molar-refractivity contribution in [1.82, 2.24) is 10.2 Å². The van der Waals surface area contributed by atoms with Gasteiger partial charge in [-0.1, -0.05) is 0 Å². The lowest BCUT2D eigenvalue weighted by Gasteiger charge is -2.16. The van der Waals surface area contributed by atoms with Crippen LogP contribution in [0.25, 0.3) is 0 Å². The molecule has 2 N–H and O–H groups in total. The monoisotopic (exact) mass is 188 g/mol. The van der Waals surface area contributed by atoms with Crippen LogP contribution in [0.3, 0.4) is 0 Å². The molecule has 0 bridgehead atoms. The van der Waals surface area contributed by atoms with E-state index in [2.05, 4.69) is 0 Å². The van der Waals surface area contributed by atoms with Gasteiger partial charge in [0.15, 0.2) is 0 Å². The van der Waals surface area contributed by atoms with Crippen LogP contribution < -0.4 is 5.32 Å². The zero-order valence-corrected chi connectivity index (χ0v) is 7.70. The first kappa shape index (κ1) is 11.4. The SMILES string of the molecule is CC(NC(=O)C(=O)O)C(=O)N(C)C. The molecule has 0 spiro atoms. The van der Waals surface area contributed by atoms with Gasteiger partial charge in [-0.05, 0) is 6.92 Å². The van der Waals surface area contributed by atoms with Crippen molar-refractivity contribution >= 4 is 17.8 Å². The highest BCUT2D eigenvalue weighted by molar-refractivity contribution is 6.31. The molecule has 6 heteroatoms. The summed E-state index contributed by atoms with van der Waals surface area (Å²) in [4.78, 5) is 33.1. The number of aliphatic carboxylic acids is 1. The first-order chi connectivity index (χ1) is 5.86. The van der Waals surface area contributed by atoms with Crippen LogP contribution in [0.15, 0.2) is 0 Å². The smallest absolute Gasteiger partial charge is 0.394 e. The standard InChI is InChI=1S/C7H12N2O4/c1-4(6(11)9(2)3)8-5(10)7(12)13/h4H,1-3H3,(H,8,10)(H,12,13). The second kappa shape index (κ2) is 4.44. The summed E-state index contributed by atoms with van der Waals surface area (Å²) in [6.07, 6.45) is 0. The third kappa shape index (κ3) is 3.55. The summed E-state index contributed by atoms with van der Waals surface area (Å²) in [6, 6.07) is -0.821. The maximum absolute atomic E-state index is 11.1. The quantitative estimate of drug-likeness (QED) is 0.525. The number of carboxylic acids is 1. The van der Waals surface area contributed by atoms with E-state index in [1.165, 1.54) is 25.9 Å². The fraction of sp³-hybridized carbons (Fsp3) is 0.571. The van der Waals surface area contributed by atoms with Gasteiger partial charge in [0.1, 0.15) is 6.04 Å². The second-order valence-electron chi connectivity index (χ2n) is 2.73. The summed E-state index contributed by atoms with van der Waals surface area (Å²) in [7, 11) is 3.04. The van der Waals surface area contributed by atoms with Gasteiger partial charge in [0.05, 0.1) is 0 Å². The summed E-state index contributed by atoms with van der Waals surface area (Å²) in [5.74, 6) is -3.13. The number of carboxylic acid groups (broad SMARTS) is 1. The number of hydrogen-bond donors (Lipinski definition) is 2. The number of carbonyl (C=O) groups excluding carboxylic acids is 2. The van der Waals surface area contributed by atoms with Crippen molar-refractivity contribution in [3.8, 4) is 0 Å². The summed E-state index contributed by atoms with van der Waals surface area (Å²) in [6.45, 7) is 1.42. The van der Waals surface area contributed by atoms with Gasteiger partial charge in [-0.15, -0.1) is 0 Å². The Morgan fingerprint density at radius 1 is 1.31 bits per heavy atom. The van der Waals surface area contributed by atoms with Gasteiger partial charge in [0.2, 0.25) is 5.91 Å². The molecule has 13 heavy (non-hydrogen) atoms. The van der Waals surface area contributed by atoms with Gasteiger partial charge >= 0.3 is 11.9 Å². The van der Waals surface area contributed by atoms with Crippen molar-refractivity contribution < 1.29 is 19.5 Å². The van der Waals surface area contributed by atoms with Crippen molar-refractivity contribution in [3.63, 3.8) is 0 Å². The largest absolute Gasteiger partial charge is 0.474 e. The predicted molar refractivity (Wildman–Crippen MR) is 43.9 cm³/mol. The molecule has 0 radical (unpaired) electrons. The molecule has 0 rings (SSSR count). The first-order valence-electron chi connectivity index (χ1n) is 3.61. The Morgan fingerprint density at radius 2 is 1.77 bits per heavy atom. The number of nitrogens with one attached hydrogen (secondary N) is 1. The molecule has 74 valence electrons. The molecular weight excluding hydrogens is 176 g/mol. The highest BCUT2D eigenvalue weighted by Crippen LogP contribution is 1.88. The third-order valence-electron chi connectivity index (χ3n) is 1.35. The summed E-state index contributed by atoms with van der Waals surface area (Å²) < 4.78 is 0. The number of likely N-dealkylation sites (N-methyl/N-ethyl adjacent to an activating group) is 1. The van der Waals surface area contributed by atoms with Crippen molar-refractivity contribution in [3.05, 3.63) is 0 Å². The van der Waals surface area contributed by atoms with Crippen LogP contribution >= 0.6 is 0 Å². The first-order valence-corrected chi connectivity index (χ1v) is 3.61. The molecule has 0 aliphatic rings. The molecule has 0 saturated carbocycles. The van der Waals surface area contributed by atoms with Gasteiger partial charge in [0.25, 0.3) is 0 Å². The number of carbonyl (C=O) groups is 3. The molecule has 1 unspecified atom stereocenters. The lowest BCUT2D eigenvalue weighted by atomic mass is 10.3. The van der Waals surface area contributed by atoms with Gasteiger partial charge in [-0.2, -0.15) is 0 Å². The van der Waals surface area contributed by atoms with Crippen LogP contribution in [-0.4, -0.2) is 47.9 Å². The van der Waals surface area contributed by atoms with Gasteiger partial charge in [0, 0.05) is 14.1 Å². The van der Waals surface area contributed by atoms with Crippen LogP contribution in [0.1, 0.15) is 6.92 Å². The van der Waals surface area contributed by atoms with Crippen molar-refractivity contribution in [1.29, 1.82) is 0 Å². The fourth-order valence-electron chi connectivity index (χ4n) is 0.707. The van der Waals surface area contributed by atoms with E-state index in [0.29, 0.717) is 0 Å². The average Bonchev–Trinajstić information content (AvgIpc) is 2.02. The fourth-order valence-corrected chi connectivity index (χ4v) is 0.707. The molecule has 0 aromatic carbocycles. The molecule has 1 atom stereocenters. The zero-order valence-electron chi connectivity index (χ0n) is 7.70.